The number of ether oxygens (including phenoxy) is 1. The molecule has 3 heteroatoms. The minimum absolute atomic E-state index is 0.0381. The molecular formula is C14H26O2S. The third kappa shape index (κ3) is 4.90. The Morgan fingerprint density at radius 2 is 2.12 bits per heavy atom. The summed E-state index contributed by atoms with van der Waals surface area (Å²) in [5.41, 5.74) is 0. The van der Waals surface area contributed by atoms with Crippen molar-refractivity contribution in [1.82, 2.24) is 0 Å². The van der Waals surface area contributed by atoms with E-state index >= 15 is 0 Å². The van der Waals surface area contributed by atoms with E-state index in [1.807, 2.05) is 0 Å². The second-order valence-electron chi connectivity index (χ2n) is 5.68. The predicted octanol–water partition coefficient (Wildman–Crippen LogP) is 3.70. The average Bonchev–Trinajstić information content (AvgIpc) is 2.26. The minimum Gasteiger partial charge on any atom is -0.462 e. The Morgan fingerprint density at radius 3 is 2.71 bits per heavy atom. The Morgan fingerprint density at radius 1 is 1.41 bits per heavy atom. The zero-order chi connectivity index (χ0) is 12.8. The molecule has 0 aromatic carbocycles. The summed E-state index contributed by atoms with van der Waals surface area (Å²) in [5.74, 6) is 2.55. The highest BCUT2D eigenvalue weighted by atomic mass is 32.1. The van der Waals surface area contributed by atoms with Gasteiger partial charge in [-0.1, -0.05) is 27.2 Å². The lowest BCUT2D eigenvalue weighted by Gasteiger charge is -2.36. The van der Waals surface area contributed by atoms with Crippen molar-refractivity contribution in [3.63, 3.8) is 0 Å². The van der Waals surface area contributed by atoms with Gasteiger partial charge in [-0.3, -0.25) is 4.79 Å². The standard InChI is InChI=1S/C14H26O2S/c1-10(2)12-7-6-11(3)9-13(12)16-14(15)5-4-8-17/h10-13,17H,4-9H2,1-3H3. The van der Waals surface area contributed by atoms with Crippen molar-refractivity contribution < 1.29 is 9.53 Å². The van der Waals surface area contributed by atoms with E-state index in [2.05, 4.69) is 33.4 Å². The maximum atomic E-state index is 11.7. The van der Waals surface area contributed by atoms with Crippen molar-refractivity contribution in [3.8, 4) is 0 Å². The van der Waals surface area contributed by atoms with Crippen LogP contribution >= 0.6 is 12.6 Å². The number of carbonyl (C=O) groups is 1. The van der Waals surface area contributed by atoms with Crippen LogP contribution in [0.25, 0.3) is 0 Å². The average molecular weight is 258 g/mol. The summed E-state index contributed by atoms with van der Waals surface area (Å²) in [6.45, 7) is 6.72. The molecule has 0 aromatic heterocycles. The van der Waals surface area contributed by atoms with Gasteiger partial charge < -0.3 is 4.74 Å². The smallest absolute Gasteiger partial charge is 0.306 e. The molecule has 1 fully saturated rings. The SMILES string of the molecule is CC1CCC(C(C)C)C(OC(=O)CCCS)C1. The van der Waals surface area contributed by atoms with Crippen LogP contribution in [0.5, 0.6) is 0 Å². The van der Waals surface area contributed by atoms with E-state index in [1.54, 1.807) is 0 Å². The summed E-state index contributed by atoms with van der Waals surface area (Å²) < 4.78 is 5.66. The second kappa shape index (κ2) is 7.30. The van der Waals surface area contributed by atoms with E-state index in [-0.39, 0.29) is 12.1 Å². The number of carbonyl (C=O) groups excluding carboxylic acids is 1. The maximum Gasteiger partial charge on any atom is 0.306 e. The first-order valence-corrected chi connectivity index (χ1v) is 7.48. The summed E-state index contributed by atoms with van der Waals surface area (Å²) in [6, 6.07) is 0. The molecule has 3 unspecified atom stereocenters. The first-order chi connectivity index (χ1) is 8.04. The molecule has 1 aliphatic carbocycles. The fraction of sp³-hybridized carbons (Fsp3) is 0.929. The van der Waals surface area contributed by atoms with Gasteiger partial charge in [-0.15, -0.1) is 0 Å². The lowest BCUT2D eigenvalue weighted by molar-refractivity contribution is -0.155. The zero-order valence-electron chi connectivity index (χ0n) is 11.3. The van der Waals surface area contributed by atoms with Crippen LogP contribution in [-0.4, -0.2) is 17.8 Å². The second-order valence-corrected chi connectivity index (χ2v) is 6.13. The molecule has 2 nitrogen and oxygen atoms in total. The van der Waals surface area contributed by atoms with Gasteiger partial charge in [0.1, 0.15) is 6.10 Å². The fourth-order valence-electron chi connectivity index (χ4n) is 2.70. The Bertz CT molecular complexity index is 240. The molecular weight excluding hydrogens is 232 g/mol. The minimum atomic E-state index is -0.0381. The van der Waals surface area contributed by atoms with Crippen molar-refractivity contribution in [1.29, 1.82) is 0 Å². The van der Waals surface area contributed by atoms with Crippen LogP contribution < -0.4 is 0 Å². The van der Waals surface area contributed by atoms with E-state index < -0.39 is 0 Å². The summed E-state index contributed by atoms with van der Waals surface area (Å²) in [5, 5.41) is 0. The van der Waals surface area contributed by atoms with E-state index in [0.29, 0.717) is 24.2 Å². The summed E-state index contributed by atoms with van der Waals surface area (Å²) in [6.07, 6.45) is 4.98. The summed E-state index contributed by atoms with van der Waals surface area (Å²) in [4.78, 5) is 11.7. The summed E-state index contributed by atoms with van der Waals surface area (Å²) >= 11 is 4.12. The van der Waals surface area contributed by atoms with Gasteiger partial charge in [0.2, 0.25) is 0 Å². The first kappa shape index (κ1) is 14.9. The molecule has 0 radical (unpaired) electrons. The molecule has 0 spiro atoms. The molecule has 0 aromatic rings. The number of thiol groups is 1. The highest BCUT2D eigenvalue weighted by molar-refractivity contribution is 7.80. The monoisotopic (exact) mass is 258 g/mol. The number of esters is 1. The van der Waals surface area contributed by atoms with Crippen LogP contribution in [0.2, 0.25) is 0 Å². The number of hydrogen-bond acceptors (Lipinski definition) is 3. The van der Waals surface area contributed by atoms with Crippen LogP contribution in [0, 0.1) is 17.8 Å². The van der Waals surface area contributed by atoms with Crippen molar-refractivity contribution in [3.05, 3.63) is 0 Å². The van der Waals surface area contributed by atoms with Crippen molar-refractivity contribution in [2.24, 2.45) is 17.8 Å². The number of hydrogen-bond donors (Lipinski definition) is 1. The molecule has 1 saturated carbocycles. The first-order valence-electron chi connectivity index (χ1n) is 6.85. The normalized spacial score (nSPS) is 29.4. The zero-order valence-corrected chi connectivity index (χ0v) is 12.2. The molecule has 1 rings (SSSR count). The van der Waals surface area contributed by atoms with Gasteiger partial charge in [-0.05, 0) is 42.8 Å². The topological polar surface area (TPSA) is 26.3 Å². The van der Waals surface area contributed by atoms with Crippen molar-refractivity contribution in [2.75, 3.05) is 5.75 Å². The highest BCUT2D eigenvalue weighted by Gasteiger charge is 2.33. The molecule has 17 heavy (non-hydrogen) atoms. The number of rotatable bonds is 5. The quantitative estimate of drug-likeness (QED) is 0.601. The van der Waals surface area contributed by atoms with E-state index in [1.165, 1.54) is 12.8 Å². The third-order valence-corrected chi connectivity index (χ3v) is 4.10. The van der Waals surface area contributed by atoms with E-state index in [0.717, 1.165) is 18.6 Å². The van der Waals surface area contributed by atoms with Gasteiger partial charge in [0.15, 0.2) is 0 Å². The summed E-state index contributed by atoms with van der Waals surface area (Å²) in [7, 11) is 0. The van der Waals surface area contributed by atoms with Crippen LogP contribution in [0.1, 0.15) is 52.9 Å². The molecule has 0 saturated heterocycles. The largest absolute Gasteiger partial charge is 0.462 e. The van der Waals surface area contributed by atoms with Crippen LogP contribution in [0.15, 0.2) is 0 Å². The molecule has 0 N–H and O–H groups in total. The van der Waals surface area contributed by atoms with Crippen LogP contribution in [-0.2, 0) is 9.53 Å². The molecule has 0 aliphatic heterocycles. The van der Waals surface area contributed by atoms with Gasteiger partial charge in [0.05, 0.1) is 0 Å². The van der Waals surface area contributed by atoms with Crippen LogP contribution in [0.3, 0.4) is 0 Å². The molecule has 0 amide bonds. The Labute approximate surface area is 111 Å². The lowest BCUT2D eigenvalue weighted by Crippen LogP contribution is -2.35. The predicted molar refractivity (Wildman–Crippen MR) is 74.3 cm³/mol. The molecule has 0 bridgehead atoms. The third-order valence-electron chi connectivity index (χ3n) is 3.78. The Hall–Kier alpha value is -0.180. The molecule has 100 valence electrons. The van der Waals surface area contributed by atoms with Crippen molar-refractivity contribution in [2.45, 2.75) is 59.0 Å². The highest BCUT2D eigenvalue weighted by Crippen LogP contribution is 2.35. The van der Waals surface area contributed by atoms with Gasteiger partial charge in [0, 0.05) is 6.42 Å². The van der Waals surface area contributed by atoms with Crippen LogP contribution in [0.4, 0.5) is 0 Å². The van der Waals surface area contributed by atoms with Gasteiger partial charge >= 0.3 is 5.97 Å². The van der Waals surface area contributed by atoms with Gasteiger partial charge in [0.25, 0.3) is 0 Å². The maximum absolute atomic E-state index is 11.7. The fourth-order valence-corrected chi connectivity index (χ4v) is 2.86. The Balaban J connectivity index is 2.48. The van der Waals surface area contributed by atoms with Crippen molar-refractivity contribution >= 4 is 18.6 Å². The van der Waals surface area contributed by atoms with E-state index in [4.69, 9.17) is 4.74 Å². The Kier molecular flexibility index (Phi) is 6.39. The molecule has 3 atom stereocenters. The lowest BCUT2D eigenvalue weighted by atomic mass is 9.75. The van der Waals surface area contributed by atoms with E-state index in [9.17, 15) is 4.79 Å². The molecule has 1 aliphatic rings. The van der Waals surface area contributed by atoms with Gasteiger partial charge in [-0.2, -0.15) is 12.6 Å². The molecule has 0 heterocycles. The van der Waals surface area contributed by atoms with Gasteiger partial charge in [-0.25, -0.2) is 0 Å².